The number of rotatable bonds is 7. The molecule has 0 amide bonds. The molecule has 1 heterocycles. The summed E-state index contributed by atoms with van der Waals surface area (Å²) in [6, 6.07) is 15.1. The molecule has 0 aliphatic rings. The van der Waals surface area contributed by atoms with Gasteiger partial charge in [0.2, 0.25) is 5.16 Å². The van der Waals surface area contributed by atoms with Crippen LogP contribution in [0, 0.1) is 0 Å². The van der Waals surface area contributed by atoms with Gasteiger partial charge >= 0.3 is 6.61 Å². The summed E-state index contributed by atoms with van der Waals surface area (Å²) in [5, 5.41) is 7.00. The van der Waals surface area contributed by atoms with Crippen molar-refractivity contribution in [2.75, 3.05) is 0 Å². The van der Waals surface area contributed by atoms with E-state index in [1.54, 1.807) is 6.92 Å². The van der Waals surface area contributed by atoms with Crippen molar-refractivity contribution in [1.82, 2.24) is 15.2 Å². The number of ketones is 1. The molecule has 0 spiro atoms. The van der Waals surface area contributed by atoms with Crippen LogP contribution in [-0.2, 0) is 0 Å². The molecule has 1 atom stereocenters. The molecule has 0 aliphatic heterocycles. The summed E-state index contributed by atoms with van der Waals surface area (Å²) in [6.45, 7) is -1.15. The first-order valence-corrected chi connectivity index (χ1v) is 8.64. The van der Waals surface area contributed by atoms with E-state index in [0.717, 1.165) is 5.56 Å². The third kappa shape index (κ3) is 4.45. The predicted octanol–water partition coefficient (Wildman–Crippen LogP) is 4.44. The molecular weight excluding hydrogens is 360 g/mol. The number of Topliss-reactive ketones (excluding diaryl/α,β-unsaturated/α-hetero) is 1. The average molecular weight is 375 g/mol. The maximum Gasteiger partial charge on any atom is 0.387 e. The van der Waals surface area contributed by atoms with Crippen LogP contribution in [0.1, 0.15) is 17.3 Å². The Morgan fingerprint density at radius 3 is 2.46 bits per heavy atom. The first-order valence-electron chi connectivity index (χ1n) is 7.76. The van der Waals surface area contributed by atoms with E-state index in [1.165, 1.54) is 36.0 Å². The number of nitrogens with one attached hydrogen (secondary N) is 1. The molecule has 26 heavy (non-hydrogen) atoms. The highest BCUT2D eigenvalue weighted by Gasteiger charge is 2.19. The molecule has 0 saturated heterocycles. The topological polar surface area (TPSA) is 67.9 Å². The Labute approximate surface area is 152 Å². The molecule has 0 bridgehead atoms. The predicted molar refractivity (Wildman–Crippen MR) is 94.5 cm³/mol. The second-order valence-corrected chi connectivity index (χ2v) is 6.67. The van der Waals surface area contributed by atoms with Gasteiger partial charge in [-0.15, -0.1) is 5.10 Å². The summed E-state index contributed by atoms with van der Waals surface area (Å²) in [4.78, 5) is 16.9. The van der Waals surface area contributed by atoms with E-state index in [1.807, 2.05) is 30.3 Å². The van der Waals surface area contributed by atoms with Gasteiger partial charge in [-0.2, -0.15) is 8.78 Å². The molecule has 3 aromatic rings. The van der Waals surface area contributed by atoms with Crippen molar-refractivity contribution in [2.24, 2.45) is 0 Å². The fourth-order valence-electron chi connectivity index (χ4n) is 2.27. The largest absolute Gasteiger partial charge is 0.435 e. The van der Waals surface area contributed by atoms with E-state index in [9.17, 15) is 13.6 Å². The Morgan fingerprint density at radius 1 is 1.12 bits per heavy atom. The number of H-pyrrole nitrogens is 1. The van der Waals surface area contributed by atoms with Crippen molar-refractivity contribution in [3.63, 3.8) is 0 Å². The molecule has 0 saturated carbocycles. The number of aromatic nitrogens is 3. The lowest BCUT2D eigenvalue weighted by Gasteiger charge is -2.09. The number of hydrogen-bond acceptors (Lipinski definition) is 5. The van der Waals surface area contributed by atoms with Gasteiger partial charge in [0.05, 0.1) is 5.25 Å². The van der Waals surface area contributed by atoms with Gasteiger partial charge in [0.25, 0.3) is 0 Å². The van der Waals surface area contributed by atoms with Crippen LogP contribution in [-0.4, -0.2) is 32.8 Å². The van der Waals surface area contributed by atoms with Crippen molar-refractivity contribution < 1.29 is 18.3 Å². The van der Waals surface area contributed by atoms with Crippen LogP contribution in [0.2, 0.25) is 0 Å². The molecule has 3 rings (SSSR count). The van der Waals surface area contributed by atoms with Crippen LogP contribution < -0.4 is 4.74 Å². The van der Waals surface area contributed by atoms with Crippen molar-refractivity contribution in [3.05, 3.63) is 60.2 Å². The van der Waals surface area contributed by atoms with E-state index in [4.69, 9.17) is 0 Å². The van der Waals surface area contributed by atoms with Gasteiger partial charge in [-0.3, -0.25) is 9.89 Å². The van der Waals surface area contributed by atoms with Crippen molar-refractivity contribution in [2.45, 2.75) is 23.9 Å². The molecular formula is C18H15F2N3O2S. The number of aromatic amines is 1. The number of ether oxygens (including phenoxy) is 1. The normalized spacial score (nSPS) is 12.2. The van der Waals surface area contributed by atoms with Gasteiger partial charge in [-0.05, 0) is 31.2 Å². The van der Waals surface area contributed by atoms with E-state index in [-0.39, 0.29) is 11.5 Å². The van der Waals surface area contributed by atoms with Crippen LogP contribution in [0.5, 0.6) is 5.75 Å². The highest BCUT2D eigenvalue weighted by molar-refractivity contribution is 8.00. The van der Waals surface area contributed by atoms with Crippen LogP contribution in [0.15, 0.2) is 59.8 Å². The van der Waals surface area contributed by atoms with Gasteiger partial charge in [-0.1, -0.05) is 42.1 Å². The van der Waals surface area contributed by atoms with E-state index >= 15 is 0 Å². The van der Waals surface area contributed by atoms with Gasteiger partial charge < -0.3 is 4.74 Å². The van der Waals surface area contributed by atoms with Gasteiger partial charge in [0, 0.05) is 11.1 Å². The lowest BCUT2D eigenvalue weighted by molar-refractivity contribution is -0.0498. The zero-order chi connectivity index (χ0) is 18.5. The number of alkyl halides is 2. The SMILES string of the molecule is C[C@@H](Sc1n[nH]c(-c2ccccc2)n1)C(=O)c1ccc(OC(F)F)cc1. The first-order chi connectivity index (χ1) is 12.5. The van der Waals surface area contributed by atoms with Crippen molar-refractivity contribution >= 4 is 17.5 Å². The zero-order valence-electron chi connectivity index (χ0n) is 13.7. The second kappa shape index (κ2) is 8.09. The molecule has 0 radical (unpaired) electrons. The number of benzene rings is 2. The van der Waals surface area contributed by atoms with Crippen LogP contribution in [0.3, 0.4) is 0 Å². The molecule has 0 fully saturated rings. The van der Waals surface area contributed by atoms with Crippen LogP contribution in [0.4, 0.5) is 8.78 Å². The summed E-state index contributed by atoms with van der Waals surface area (Å²) in [7, 11) is 0. The number of halogens is 2. The number of carbonyl (C=O) groups excluding carboxylic acids is 1. The Hall–Kier alpha value is -2.74. The highest BCUT2D eigenvalue weighted by atomic mass is 32.2. The number of thioether (sulfide) groups is 1. The molecule has 8 heteroatoms. The van der Waals surface area contributed by atoms with E-state index in [2.05, 4.69) is 19.9 Å². The average Bonchev–Trinajstić information content (AvgIpc) is 3.10. The third-order valence-corrected chi connectivity index (χ3v) is 4.49. The smallest absolute Gasteiger partial charge is 0.387 e. The molecule has 2 aromatic carbocycles. The summed E-state index contributed by atoms with van der Waals surface area (Å²) >= 11 is 1.22. The Bertz CT molecular complexity index is 870. The molecule has 0 unspecified atom stereocenters. The van der Waals surface area contributed by atoms with E-state index < -0.39 is 11.9 Å². The number of nitrogens with zero attached hydrogens (tertiary/aromatic N) is 2. The molecule has 134 valence electrons. The summed E-state index contributed by atoms with van der Waals surface area (Å²) in [5.74, 6) is 0.490. The Kier molecular flexibility index (Phi) is 5.62. The number of hydrogen-bond donors (Lipinski definition) is 1. The molecule has 0 aliphatic carbocycles. The maximum absolute atomic E-state index is 12.5. The minimum atomic E-state index is -2.89. The Morgan fingerprint density at radius 2 is 1.81 bits per heavy atom. The fraction of sp³-hybridized carbons (Fsp3) is 0.167. The fourth-order valence-corrected chi connectivity index (χ4v) is 3.07. The summed E-state index contributed by atoms with van der Waals surface area (Å²) < 4.78 is 28.6. The molecule has 1 aromatic heterocycles. The van der Waals surface area contributed by atoms with Crippen LogP contribution >= 0.6 is 11.8 Å². The summed E-state index contributed by atoms with van der Waals surface area (Å²) in [6.07, 6.45) is 0. The zero-order valence-corrected chi connectivity index (χ0v) is 14.5. The van der Waals surface area contributed by atoms with Crippen LogP contribution in [0.25, 0.3) is 11.4 Å². The monoisotopic (exact) mass is 375 g/mol. The standard InChI is InChI=1S/C18H15F2N3O2S/c1-11(15(24)12-7-9-14(10-8-12)25-17(19)20)26-18-21-16(22-23-18)13-5-3-2-4-6-13/h2-11,17H,1H3,(H,21,22,23)/t11-/m1/s1. The van der Waals surface area contributed by atoms with Crippen molar-refractivity contribution in [1.29, 1.82) is 0 Å². The molecule has 5 nitrogen and oxygen atoms in total. The van der Waals surface area contributed by atoms with Crippen molar-refractivity contribution in [3.8, 4) is 17.1 Å². The van der Waals surface area contributed by atoms with Gasteiger partial charge in [-0.25, -0.2) is 4.98 Å². The molecule has 1 N–H and O–H groups in total. The lowest BCUT2D eigenvalue weighted by atomic mass is 10.1. The highest BCUT2D eigenvalue weighted by Crippen LogP contribution is 2.25. The van der Waals surface area contributed by atoms with E-state index in [0.29, 0.717) is 16.5 Å². The van der Waals surface area contributed by atoms with Gasteiger partial charge in [0.1, 0.15) is 5.75 Å². The first kappa shape index (κ1) is 18.1. The Balaban J connectivity index is 1.65. The number of carbonyl (C=O) groups is 1. The maximum atomic E-state index is 12.5. The third-order valence-electron chi connectivity index (χ3n) is 3.53. The minimum Gasteiger partial charge on any atom is -0.435 e. The quantitative estimate of drug-likeness (QED) is 0.489. The lowest BCUT2D eigenvalue weighted by Crippen LogP contribution is -2.13. The minimum absolute atomic E-state index is 0.0123. The van der Waals surface area contributed by atoms with Gasteiger partial charge in [0.15, 0.2) is 11.6 Å². The summed E-state index contributed by atoms with van der Waals surface area (Å²) in [5.41, 5.74) is 1.31. The second-order valence-electron chi connectivity index (χ2n) is 5.36.